The van der Waals surface area contributed by atoms with Gasteiger partial charge in [0.05, 0.1) is 11.3 Å². The minimum absolute atomic E-state index is 0.261. The van der Waals surface area contributed by atoms with Crippen LogP contribution < -0.4 is 5.32 Å². The third kappa shape index (κ3) is 4.31. The van der Waals surface area contributed by atoms with E-state index in [1.807, 2.05) is 12.1 Å². The lowest BCUT2D eigenvalue weighted by Crippen LogP contribution is -2.03. The Morgan fingerprint density at radius 2 is 1.62 bits per heavy atom. The molecule has 3 nitrogen and oxygen atoms in total. The van der Waals surface area contributed by atoms with E-state index in [0.29, 0.717) is 6.54 Å². The number of carboxylic acids is 1. The average Bonchev–Trinajstić information content (AvgIpc) is 2.38. The largest absolute Gasteiger partial charge is 0.478 e. The molecule has 0 saturated carbocycles. The average molecular weight is 543 g/mol. The molecule has 0 aliphatic rings. The standard InChI is InChI=1S/C14H9Br4NO2/c15-9-4-11(17)13(12(18)5-9)19-6-8-2-1-7(14(20)21)3-10(8)16/h1-5,19H,6H2,(H,20,21). The highest BCUT2D eigenvalue weighted by Crippen LogP contribution is 2.35. The van der Waals surface area contributed by atoms with E-state index in [-0.39, 0.29) is 5.56 Å². The number of rotatable bonds is 4. The number of halogens is 4. The number of anilines is 1. The molecule has 0 aromatic heterocycles. The second-order valence-electron chi connectivity index (χ2n) is 4.21. The van der Waals surface area contributed by atoms with Gasteiger partial charge in [0.2, 0.25) is 0 Å². The zero-order chi connectivity index (χ0) is 15.6. The first-order valence-electron chi connectivity index (χ1n) is 5.78. The highest BCUT2D eigenvalue weighted by Gasteiger charge is 2.09. The van der Waals surface area contributed by atoms with E-state index in [1.165, 1.54) is 0 Å². The molecule has 0 heterocycles. The summed E-state index contributed by atoms with van der Waals surface area (Å²) in [6.07, 6.45) is 0. The van der Waals surface area contributed by atoms with Crippen LogP contribution >= 0.6 is 63.7 Å². The Labute approximate surface area is 155 Å². The summed E-state index contributed by atoms with van der Waals surface area (Å²) in [7, 11) is 0. The molecule has 2 rings (SSSR count). The van der Waals surface area contributed by atoms with Crippen molar-refractivity contribution in [3.8, 4) is 0 Å². The van der Waals surface area contributed by atoms with Gasteiger partial charge in [0, 0.05) is 24.4 Å². The first-order chi connectivity index (χ1) is 9.88. The molecule has 2 N–H and O–H groups in total. The molecule has 2 aromatic rings. The fourth-order valence-electron chi connectivity index (χ4n) is 1.72. The summed E-state index contributed by atoms with van der Waals surface area (Å²) in [5.41, 5.74) is 2.17. The van der Waals surface area contributed by atoms with Crippen molar-refractivity contribution in [2.75, 3.05) is 5.32 Å². The molecule has 0 unspecified atom stereocenters. The van der Waals surface area contributed by atoms with Crippen LogP contribution in [0.15, 0.2) is 48.2 Å². The highest BCUT2D eigenvalue weighted by atomic mass is 79.9. The van der Waals surface area contributed by atoms with Crippen LogP contribution in [0, 0.1) is 0 Å². The molecule has 0 atom stereocenters. The normalized spacial score (nSPS) is 10.5. The molecular weight excluding hydrogens is 534 g/mol. The summed E-state index contributed by atoms with van der Waals surface area (Å²) in [4.78, 5) is 10.9. The number of carboxylic acid groups (broad SMARTS) is 1. The number of aromatic carboxylic acids is 1. The summed E-state index contributed by atoms with van der Waals surface area (Å²) >= 11 is 13.8. The van der Waals surface area contributed by atoms with Crippen molar-refractivity contribution in [2.24, 2.45) is 0 Å². The van der Waals surface area contributed by atoms with Gasteiger partial charge >= 0.3 is 5.97 Å². The Hall–Kier alpha value is -0.370. The van der Waals surface area contributed by atoms with Crippen molar-refractivity contribution in [3.05, 3.63) is 59.3 Å². The quantitative estimate of drug-likeness (QED) is 0.495. The molecule has 0 amide bonds. The Bertz CT molecular complexity index is 680. The van der Waals surface area contributed by atoms with E-state index in [0.717, 1.165) is 29.1 Å². The van der Waals surface area contributed by atoms with E-state index >= 15 is 0 Å². The van der Waals surface area contributed by atoms with E-state index < -0.39 is 5.97 Å². The lowest BCUT2D eigenvalue weighted by molar-refractivity contribution is 0.0697. The van der Waals surface area contributed by atoms with Crippen LogP contribution in [0.4, 0.5) is 5.69 Å². The predicted octanol–water partition coefficient (Wildman–Crippen LogP) is 6.05. The molecule has 0 fully saturated rings. The molecular formula is C14H9Br4NO2. The number of benzene rings is 2. The van der Waals surface area contributed by atoms with E-state index in [4.69, 9.17) is 5.11 Å². The lowest BCUT2D eigenvalue weighted by Gasteiger charge is -2.13. The maximum atomic E-state index is 10.9. The van der Waals surface area contributed by atoms with Gasteiger partial charge in [-0.1, -0.05) is 37.9 Å². The Morgan fingerprint density at radius 1 is 1.00 bits per heavy atom. The summed E-state index contributed by atoms with van der Waals surface area (Å²) in [6.45, 7) is 0.569. The lowest BCUT2D eigenvalue weighted by atomic mass is 10.1. The molecule has 110 valence electrons. The van der Waals surface area contributed by atoms with Gasteiger partial charge in [-0.25, -0.2) is 4.79 Å². The van der Waals surface area contributed by atoms with Crippen LogP contribution in [-0.4, -0.2) is 11.1 Å². The Morgan fingerprint density at radius 3 is 2.14 bits per heavy atom. The fourth-order valence-corrected chi connectivity index (χ4v) is 4.78. The maximum absolute atomic E-state index is 10.9. The zero-order valence-electron chi connectivity index (χ0n) is 10.5. The van der Waals surface area contributed by atoms with Gasteiger partial charge in [0.15, 0.2) is 0 Å². The van der Waals surface area contributed by atoms with Crippen molar-refractivity contribution >= 4 is 75.4 Å². The van der Waals surface area contributed by atoms with Crippen LogP contribution in [0.5, 0.6) is 0 Å². The molecule has 0 aliphatic carbocycles. The van der Waals surface area contributed by atoms with E-state index in [9.17, 15) is 4.79 Å². The van der Waals surface area contributed by atoms with Gasteiger partial charge in [-0.05, 0) is 61.7 Å². The van der Waals surface area contributed by atoms with Gasteiger partial charge in [0.25, 0.3) is 0 Å². The first-order valence-corrected chi connectivity index (χ1v) is 8.96. The van der Waals surface area contributed by atoms with Crippen LogP contribution in [0.2, 0.25) is 0 Å². The summed E-state index contributed by atoms with van der Waals surface area (Å²) < 4.78 is 3.60. The summed E-state index contributed by atoms with van der Waals surface area (Å²) in [6, 6.07) is 8.90. The third-order valence-corrected chi connectivity index (χ3v) is 5.21. The van der Waals surface area contributed by atoms with Crippen LogP contribution in [0.25, 0.3) is 0 Å². The van der Waals surface area contributed by atoms with Crippen molar-refractivity contribution in [2.45, 2.75) is 6.54 Å². The van der Waals surface area contributed by atoms with Crippen LogP contribution in [-0.2, 0) is 6.54 Å². The van der Waals surface area contributed by atoms with Gasteiger partial charge in [-0.15, -0.1) is 0 Å². The second kappa shape index (κ2) is 7.26. The molecule has 0 bridgehead atoms. The van der Waals surface area contributed by atoms with Crippen molar-refractivity contribution in [3.63, 3.8) is 0 Å². The summed E-state index contributed by atoms with van der Waals surface area (Å²) in [5.74, 6) is -0.936. The Balaban J connectivity index is 2.19. The van der Waals surface area contributed by atoms with Gasteiger partial charge in [-0.3, -0.25) is 0 Å². The third-order valence-electron chi connectivity index (χ3n) is 2.76. The highest BCUT2D eigenvalue weighted by molar-refractivity contribution is 9.11. The minimum Gasteiger partial charge on any atom is -0.478 e. The smallest absolute Gasteiger partial charge is 0.335 e. The molecule has 0 saturated heterocycles. The predicted molar refractivity (Wildman–Crippen MR) is 98.0 cm³/mol. The SMILES string of the molecule is O=C(O)c1ccc(CNc2c(Br)cc(Br)cc2Br)c(Br)c1. The van der Waals surface area contributed by atoms with Gasteiger partial charge in [-0.2, -0.15) is 0 Å². The molecule has 2 aromatic carbocycles. The monoisotopic (exact) mass is 539 g/mol. The molecule has 0 spiro atoms. The van der Waals surface area contributed by atoms with Crippen LogP contribution in [0.1, 0.15) is 15.9 Å². The van der Waals surface area contributed by atoms with E-state index in [1.54, 1.807) is 18.2 Å². The first kappa shape index (κ1) is 17.0. The fraction of sp³-hybridized carbons (Fsp3) is 0.0714. The molecule has 7 heteroatoms. The van der Waals surface area contributed by atoms with Crippen molar-refractivity contribution < 1.29 is 9.90 Å². The van der Waals surface area contributed by atoms with Crippen molar-refractivity contribution in [1.82, 2.24) is 0 Å². The number of hydrogen-bond acceptors (Lipinski definition) is 2. The number of hydrogen-bond donors (Lipinski definition) is 2. The molecule has 0 aliphatic heterocycles. The second-order valence-corrected chi connectivity index (χ2v) is 7.69. The van der Waals surface area contributed by atoms with Crippen molar-refractivity contribution in [1.29, 1.82) is 0 Å². The van der Waals surface area contributed by atoms with Gasteiger partial charge < -0.3 is 10.4 Å². The Kier molecular flexibility index (Phi) is 5.88. The molecule has 21 heavy (non-hydrogen) atoms. The number of carbonyl (C=O) groups is 1. The van der Waals surface area contributed by atoms with Gasteiger partial charge in [0.1, 0.15) is 0 Å². The number of nitrogens with one attached hydrogen (secondary N) is 1. The topological polar surface area (TPSA) is 49.3 Å². The maximum Gasteiger partial charge on any atom is 0.335 e. The zero-order valence-corrected chi connectivity index (χ0v) is 16.8. The van der Waals surface area contributed by atoms with E-state index in [2.05, 4.69) is 69.0 Å². The van der Waals surface area contributed by atoms with Crippen LogP contribution in [0.3, 0.4) is 0 Å². The minimum atomic E-state index is -0.936. The molecule has 0 radical (unpaired) electrons. The summed E-state index contributed by atoms with van der Waals surface area (Å²) in [5, 5.41) is 12.3.